The van der Waals surface area contributed by atoms with Crippen molar-refractivity contribution in [3.63, 3.8) is 0 Å². The number of hydrogen-bond acceptors (Lipinski definition) is 2. The van der Waals surface area contributed by atoms with Crippen molar-refractivity contribution in [2.24, 2.45) is 0 Å². The molecule has 4 heterocycles. The lowest BCUT2D eigenvalue weighted by molar-refractivity contribution is 1.19. The molecule has 0 aliphatic rings. The molecule has 4 heteroatoms. The maximum Gasteiger partial charge on any atom is 0.0547 e. The van der Waals surface area contributed by atoms with Crippen LogP contribution in [0.15, 0.2) is 170 Å². The van der Waals surface area contributed by atoms with Gasteiger partial charge in [0.05, 0.1) is 22.1 Å². The maximum atomic E-state index is 2.46. The largest absolute Gasteiger partial charge is 0.309 e. The minimum absolute atomic E-state index is 1.19. The van der Waals surface area contributed by atoms with Crippen LogP contribution in [0, 0.1) is 0 Å². The van der Waals surface area contributed by atoms with Crippen LogP contribution in [0.5, 0.6) is 0 Å². The Labute approximate surface area is 306 Å². The van der Waals surface area contributed by atoms with Crippen LogP contribution >= 0.6 is 22.7 Å². The van der Waals surface area contributed by atoms with Gasteiger partial charge in [-0.2, -0.15) is 0 Å². The highest BCUT2D eigenvalue weighted by Gasteiger charge is 2.21. The van der Waals surface area contributed by atoms with Gasteiger partial charge in [0.2, 0.25) is 0 Å². The first-order valence-electron chi connectivity index (χ1n) is 17.7. The lowest BCUT2D eigenvalue weighted by atomic mass is 9.95. The minimum Gasteiger partial charge on any atom is -0.309 e. The molecule has 0 saturated heterocycles. The molecule has 0 bridgehead atoms. The highest BCUT2D eigenvalue weighted by atomic mass is 32.1. The smallest absolute Gasteiger partial charge is 0.0547 e. The molecule has 0 radical (unpaired) electrons. The molecule has 12 aromatic rings. The molecule has 0 aliphatic carbocycles. The van der Waals surface area contributed by atoms with Crippen LogP contribution in [0.25, 0.3) is 106 Å². The molecule has 8 aromatic carbocycles. The van der Waals surface area contributed by atoms with Gasteiger partial charge in [-0.3, -0.25) is 0 Å². The topological polar surface area (TPSA) is 9.86 Å². The van der Waals surface area contributed by atoms with Gasteiger partial charge in [-0.05, 0) is 83.9 Å². The molecular formula is C48H28N2S2. The second kappa shape index (κ2) is 10.7. The van der Waals surface area contributed by atoms with Gasteiger partial charge in [-0.15, -0.1) is 22.7 Å². The van der Waals surface area contributed by atoms with Crippen molar-refractivity contribution in [3.05, 3.63) is 170 Å². The fourth-order valence-electron chi connectivity index (χ4n) is 8.75. The predicted molar refractivity (Wildman–Crippen MR) is 226 cm³/mol. The van der Waals surface area contributed by atoms with E-state index in [2.05, 4.69) is 179 Å². The third-order valence-electron chi connectivity index (χ3n) is 10.9. The molecule has 0 aliphatic heterocycles. The summed E-state index contributed by atoms with van der Waals surface area (Å²) in [7, 11) is 0. The van der Waals surface area contributed by atoms with Crippen LogP contribution in [0.4, 0.5) is 0 Å². The average Bonchev–Trinajstić information content (AvgIpc) is 3.95. The van der Waals surface area contributed by atoms with Crippen molar-refractivity contribution in [1.82, 2.24) is 9.13 Å². The third kappa shape index (κ3) is 3.88. The summed E-state index contributed by atoms with van der Waals surface area (Å²) in [5, 5.41) is 10.4. The van der Waals surface area contributed by atoms with Gasteiger partial charge in [0.15, 0.2) is 0 Å². The Morgan fingerprint density at radius 3 is 1.15 bits per heavy atom. The van der Waals surface area contributed by atoms with E-state index in [4.69, 9.17) is 0 Å². The van der Waals surface area contributed by atoms with Crippen molar-refractivity contribution in [2.75, 3.05) is 0 Å². The highest BCUT2D eigenvalue weighted by Crippen LogP contribution is 2.45. The Kier molecular flexibility index (Phi) is 5.84. The Bertz CT molecular complexity index is 3190. The standard InChI is InChI=1S/C48H28N2S2/c1-5-17-39-35(13-1)47-33(15-9-19-41(47)49(39)29-23-25-45-37(27-29)31-11-3-7-21-43(31)51-45)34-16-10-20-42-48(34)36-14-2-6-18-40(36)50(42)30-24-26-46-38(28-30)32-12-4-8-22-44(32)52-46/h1-28H. The number of nitrogens with zero attached hydrogens (tertiary/aromatic N) is 2. The average molecular weight is 697 g/mol. The van der Waals surface area contributed by atoms with Gasteiger partial charge in [-0.1, -0.05) is 97.1 Å². The fraction of sp³-hybridized carbons (Fsp3) is 0. The number of aromatic nitrogens is 2. The number of rotatable bonds is 3. The van der Waals surface area contributed by atoms with E-state index in [1.807, 2.05) is 22.7 Å². The Morgan fingerprint density at radius 1 is 0.288 bits per heavy atom. The van der Waals surface area contributed by atoms with Crippen LogP contribution in [0.2, 0.25) is 0 Å². The monoisotopic (exact) mass is 696 g/mol. The lowest BCUT2D eigenvalue weighted by Gasteiger charge is -2.11. The second-order valence-corrected chi connectivity index (χ2v) is 15.8. The van der Waals surface area contributed by atoms with E-state index in [1.54, 1.807) is 0 Å². The predicted octanol–water partition coefficient (Wildman–Crippen LogP) is 14.3. The molecule has 0 N–H and O–H groups in total. The molecule has 4 aromatic heterocycles. The number of thiophene rings is 2. The first-order valence-corrected chi connectivity index (χ1v) is 19.3. The van der Waals surface area contributed by atoms with E-state index in [0.717, 1.165) is 0 Å². The molecule has 0 saturated carbocycles. The van der Waals surface area contributed by atoms with E-state index >= 15 is 0 Å². The van der Waals surface area contributed by atoms with E-state index in [9.17, 15) is 0 Å². The van der Waals surface area contributed by atoms with Gasteiger partial charge in [0, 0.05) is 73.3 Å². The molecular weight excluding hydrogens is 669 g/mol. The van der Waals surface area contributed by atoms with E-state index in [0.29, 0.717) is 0 Å². The summed E-state index contributed by atoms with van der Waals surface area (Å²) in [6.45, 7) is 0. The molecule has 0 fully saturated rings. The number of hydrogen-bond donors (Lipinski definition) is 0. The Balaban J connectivity index is 1.14. The summed E-state index contributed by atoms with van der Waals surface area (Å²) in [6, 6.07) is 63.0. The molecule has 0 amide bonds. The molecule has 0 unspecified atom stereocenters. The first-order chi connectivity index (χ1) is 25.8. The van der Waals surface area contributed by atoms with Crippen molar-refractivity contribution >= 4 is 107 Å². The van der Waals surface area contributed by atoms with E-state index in [-0.39, 0.29) is 0 Å². The SMILES string of the molecule is c1ccc2c(c1)sc1ccc(-n3c4ccccc4c4c(-c5cccc6c5c5ccccc5n6-c5ccc6sc7ccccc7c6c5)cccc43)cc12. The molecule has 12 rings (SSSR count). The Hall–Kier alpha value is -6.20. The summed E-state index contributed by atoms with van der Waals surface area (Å²) in [6.07, 6.45) is 0. The number of para-hydroxylation sites is 2. The second-order valence-electron chi connectivity index (χ2n) is 13.7. The van der Waals surface area contributed by atoms with Gasteiger partial charge in [0.25, 0.3) is 0 Å². The number of benzene rings is 8. The first kappa shape index (κ1) is 28.5. The van der Waals surface area contributed by atoms with Gasteiger partial charge < -0.3 is 9.13 Å². The summed E-state index contributed by atoms with van der Waals surface area (Å²) in [4.78, 5) is 0. The van der Waals surface area contributed by atoms with Crippen LogP contribution < -0.4 is 0 Å². The summed E-state index contributed by atoms with van der Waals surface area (Å²) in [5.41, 5.74) is 9.74. The van der Waals surface area contributed by atoms with Gasteiger partial charge in [-0.25, -0.2) is 0 Å². The Morgan fingerprint density at radius 2 is 0.673 bits per heavy atom. The van der Waals surface area contributed by atoms with Crippen molar-refractivity contribution in [2.45, 2.75) is 0 Å². The van der Waals surface area contributed by atoms with E-state index in [1.165, 1.54) is 106 Å². The van der Waals surface area contributed by atoms with Crippen LogP contribution in [0.1, 0.15) is 0 Å². The molecule has 2 nitrogen and oxygen atoms in total. The summed E-state index contributed by atoms with van der Waals surface area (Å²) in [5.74, 6) is 0. The third-order valence-corrected chi connectivity index (χ3v) is 13.2. The maximum absolute atomic E-state index is 2.46. The zero-order valence-corrected chi connectivity index (χ0v) is 29.5. The van der Waals surface area contributed by atoms with Gasteiger partial charge >= 0.3 is 0 Å². The van der Waals surface area contributed by atoms with Crippen LogP contribution in [-0.2, 0) is 0 Å². The van der Waals surface area contributed by atoms with Crippen molar-refractivity contribution in [1.29, 1.82) is 0 Å². The van der Waals surface area contributed by atoms with Crippen LogP contribution in [-0.4, -0.2) is 9.13 Å². The molecule has 0 spiro atoms. The fourth-order valence-corrected chi connectivity index (χ4v) is 10.9. The quantitative estimate of drug-likeness (QED) is 0.174. The summed E-state index contributed by atoms with van der Waals surface area (Å²) < 4.78 is 10.2. The summed E-state index contributed by atoms with van der Waals surface area (Å²) >= 11 is 3.73. The molecule has 242 valence electrons. The normalized spacial score (nSPS) is 12.2. The van der Waals surface area contributed by atoms with E-state index < -0.39 is 0 Å². The zero-order chi connectivity index (χ0) is 33.9. The van der Waals surface area contributed by atoms with Crippen molar-refractivity contribution in [3.8, 4) is 22.5 Å². The van der Waals surface area contributed by atoms with Crippen molar-refractivity contribution < 1.29 is 0 Å². The number of fused-ring (bicyclic) bond motifs is 12. The molecule has 0 atom stereocenters. The minimum atomic E-state index is 1.19. The van der Waals surface area contributed by atoms with Gasteiger partial charge in [0.1, 0.15) is 0 Å². The lowest BCUT2D eigenvalue weighted by Crippen LogP contribution is -1.94. The molecule has 52 heavy (non-hydrogen) atoms. The van der Waals surface area contributed by atoms with Crippen LogP contribution in [0.3, 0.4) is 0 Å². The highest BCUT2D eigenvalue weighted by molar-refractivity contribution is 7.26. The zero-order valence-electron chi connectivity index (χ0n) is 27.9.